The Balaban J connectivity index is 1.50. The fourth-order valence-electron chi connectivity index (χ4n) is 4.33. The Morgan fingerprint density at radius 3 is 2.64 bits per heavy atom. The molecular weight excluding hydrogens is 416 g/mol. The Hall–Kier alpha value is -2.31. The van der Waals surface area contributed by atoms with Crippen molar-refractivity contribution >= 4 is 33.3 Å². The smallest absolute Gasteiger partial charge is 0.194 e. The Morgan fingerprint density at radius 2 is 1.86 bits per heavy atom. The van der Waals surface area contributed by atoms with E-state index in [1.165, 1.54) is 28.0 Å². The molecule has 2 heterocycles. The van der Waals surface area contributed by atoms with Crippen LogP contribution in [0.2, 0.25) is 0 Å². The number of morpholine rings is 1. The van der Waals surface area contributed by atoms with Crippen LogP contribution >= 0.6 is 15.9 Å². The van der Waals surface area contributed by atoms with Gasteiger partial charge in [0.05, 0.1) is 18.9 Å². The van der Waals surface area contributed by atoms with Gasteiger partial charge in [0, 0.05) is 28.8 Å². The molecular formula is C22H23BrN4O. The molecule has 1 unspecified atom stereocenters. The summed E-state index contributed by atoms with van der Waals surface area (Å²) in [6.07, 6.45) is 2.02. The van der Waals surface area contributed by atoms with Gasteiger partial charge in [-0.1, -0.05) is 34.1 Å². The Labute approximate surface area is 173 Å². The van der Waals surface area contributed by atoms with Crippen molar-refractivity contribution in [1.82, 2.24) is 5.32 Å². The van der Waals surface area contributed by atoms with Gasteiger partial charge in [-0.15, -0.1) is 0 Å². The van der Waals surface area contributed by atoms with E-state index in [9.17, 15) is 0 Å². The summed E-state index contributed by atoms with van der Waals surface area (Å²) in [5, 5.41) is 3.33. The molecule has 2 aromatic rings. The van der Waals surface area contributed by atoms with Crippen molar-refractivity contribution in [3.05, 3.63) is 69.2 Å². The van der Waals surface area contributed by atoms with Crippen molar-refractivity contribution in [3.63, 3.8) is 0 Å². The fraction of sp³-hybridized carbons (Fsp3) is 0.318. The minimum absolute atomic E-state index is 0.0258. The van der Waals surface area contributed by atoms with E-state index in [1.807, 2.05) is 0 Å². The summed E-state index contributed by atoms with van der Waals surface area (Å²) in [5.41, 5.74) is 13.6. The molecule has 3 N–H and O–H groups in total. The zero-order valence-electron chi connectivity index (χ0n) is 15.6. The molecule has 0 spiro atoms. The molecule has 2 aliphatic heterocycles. The number of hydrogen-bond donors (Lipinski definition) is 2. The first-order valence-corrected chi connectivity index (χ1v) is 10.5. The second-order valence-corrected chi connectivity index (χ2v) is 8.35. The molecule has 1 saturated heterocycles. The summed E-state index contributed by atoms with van der Waals surface area (Å²) >= 11 is 3.60. The normalized spacial score (nSPS) is 21.5. The molecule has 1 atom stereocenters. The van der Waals surface area contributed by atoms with Gasteiger partial charge in [0.2, 0.25) is 0 Å². The number of hydrogen-bond acceptors (Lipinski definition) is 5. The summed E-state index contributed by atoms with van der Waals surface area (Å²) < 4.78 is 6.54. The molecule has 2 aromatic carbocycles. The molecule has 0 radical (unpaired) electrons. The predicted molar refractivity (Wildman–Crippen MR) is 116 cm³/mol. The molecule has 28 heavy (non-hydrogen) atoms. The van der Waals surface area contributed by atoms with Gasteiger partial charge in [-0.25, -0.2) is 4.99 Å². The standard InChI is InChI=1S/C22H23BrN4O/c23-16-5-1-14-4-8-18-20(25-22(24)26-21(18)19(14)13-16)15-2-6-17(7-3-15)27-9-11-28-12-10-27/h1-3,5-7,13,20H,4,8-12H2,(H3,24,25,26). The maximum Gasteiger partial charge on any atom is 0.194 e. The third kappa shape index (κ3) is 3.20. The number of nitrogens with zero attached hydrogens (tertiary/aromatic N) is 2. The molecule has 144 valence electrons. The van der Waals surface area contributed by atoms with Gasteiger partial charge >= 0.3 is 0 Å². The van der Waals surface area contributed by atoms with Crippen molar-refractivity contribution in [1.29, 1.82) is 0 Å². The molecule has 3 aliphatic rings. The zero-order valence-corrected chi connectivity index (χ0v) is 17.2. The number of guanidine groups is 1. The van der Waals surface area contributed by atoms with Crippen LogP contribution in [0.25, 0.3) is 5.70 Å². The van der Waals surface area contributed by atoms with Gasteiger partial charge in [0.25, 0.3) is 0 Å². The van der Waals surface area contributed by atoms with Crippen LogP contribution in [0.1, 0.15) is 29.2 Å². The van der Waals surface area contributed by atoms with Crippen molar-refractivity contribution in [2.24, 2.45) is 10.7 Å². The number of nitrogens with one attached hydrogen (secondary N) is 1. The minimum Gasteiger partial charge on any atom is -0.378 e. The lowest BCUT2D eigenvalue weighted by molar-refractivity contribution is 0.122. The largest absolute Gasteiger partial charge is 0.378 e. The Kier molecular flexibility index (Phi) is 4.61. The third-order valence-electron chi connectivity index (χ3n) is 5.76. The second kappa shape index (κ2) is 7.26. The number of ether oxygens (including phenoxy) is 1. The van der Waals surface area contributed by atoms with Crippen molar-refractivity contribution in [3.8, 4) is 0 Å². The van der Waals surface area contributed by atoms with Crippen LogP contribution in [0.3, 0.4) is 0 Å². The van der Waals surface area contributed by atoms with Crippen LogP contribution in [0.15, 0.2) is 57.5 Å². The quantitative estimate of drug-likeness (QED) is 0.751. The molecule has 6 heteroatoms. The highest BCUT2D eigenvalue weighted by molar-refractivity contribution is 9.10. The number of rotatable bonds is 2. The number of aryl methyl sites for hydroxylation is 1. The Morgan fingerprint density at radius 1 is 1.07 bits per heavy atom. The van der Waals surface area contributed by atoms with E-state index in [2.05, 4.69) is 68.6 Å². The summed E-state index contributed by atoms with van der Waals surface area (Å²) in [7, 11) is 0. The SMILES string of the molecule is NC1=NC(c2ccc(N3CCOCC3)cc2)C2=C(N1)c1cc(Br)ccc1CC2. The molecule has 5 rings (SSSR count). The number of anilines is 1. The summed E-state index contributed by atoms with van der Waals surface area (Å²) in [4.78, 5) is 7.12. The maximum absolute atomic E-state index is 6.18. The van der Waals surface area contributed by atoms with E-state index in [0.29, 0.717) is 5.96 Å². The monoisotopic (exact) mass is 438 g/mol. The lowest BCUT2D eigenvalue weighted by Crippen LogP contribution is -2.37. The molecule has 5 nitrogen and oxygen atoms in total. The Bertz CT molecular complexity index is 961. The second-order valence-electron chi connectivity index (χ2n) is 7.43. The van der Waals surface area contributed by atoms with Gasteiger partial charge in [-0.2, -0.15) is 0 Å². The predicted octanol–water partition coefficient (Wildman–Crippen LogP) is 3.60. The minimum atomic E-state index is -0.0258. The summed E-state index contributed by atoms with van der Waals surface area (Å²) in [6, 6.07) is 15.2. The molecule has 0 bridgehead atoms. The molecule has 0 saturated carbocycles. The van der Waals surface area contributed by atoms with E-state index in [-0.39, 0.29) is 6.04 Å². The van der Waals surface area contributed by atoms with Gasteiger partial charge in [-0.05, 0) is 53.8 Å². The lowest BCUT2D eigenvalue weighted by atomic mass is 9.83. The van der Waals surface area contributed by atoms with E-state index < -0.39 is 0 Å². The number of fused-ring (bicyclic) bond motifs is 2. The highest BCUT2D eigenvalue weighted by atomic mass is 79.9. The van der Waals surface area contributed by atoms with Gasteiger partial charge in [0.1, 0.15) is 6.04 Å². The van der Waals surface area contributed by atoms with E-state index >= 15 is 0 Å². The highest BCUT2D eigenvalue weighted by Crippen LogP contribution is 2.41. The van der Waals surface area contributed by atoms with Crippen molar-refractivity contribution < 1.29 is 4.74 Å². The summed E-state index contributed by atoms with van der Waals surface area (Å²) in [5.74, 6) is 0.480. The first-order chi connectivity index (χ1) is 13.7. The zero-order chi connectivity index (χ0) is 19.1. The molecule has 1 fully saturated rings. The van der Waals surface area contributed by atoms with Crippen LogP contribution in [0, 0.1) is 0 Å². The number of benzene rings is 2. The topological polar surface area (TPSA) is 62.9 Å². The van der Waals surface area contributed by atoms with Gasteiger partial charge in [-0.3, -0.25) is 0 Å². The van der Waals surface area contributed by atoms with Crippen LogP contribution in [-0.4, -0.2) is 32.3 Å². The first-order valence-electron chi connectivity index (χ1n) is 9.74. The molecule has 1 aliphatic carbocycles. The first kappa shape index (κ1) is 17.8. The summed E-state index contributed by atoms with van der Waals surface area (Å²) in [6.45, 7) is 3.47. The third-order valence-corrected chi connectivity index (χ3v) is 6.26. The number of aliphatic imine (C=N–C) groups is 1. The van der Waals surface area contributed by atoms with Crippen LogP contribution in [-0.2, 0) is 11.2 Å². The van der Waals surface area contributed by atoms with Crippen LogP contribution in [0.5, 0.6) is 0 Å². The van der Waals surface area contributed by atoms with Crippen LogP contribution < -0.4 is 16.0 Å². The number of nitrogens with two attached hydrogens (primary N) is 1. The fourth-order valence-corrected chi connectivity index (χ4v) is 4.69. The highest BCUT2D eigenvalue weighted by Gasteiger charge is 2.29. The van der Waals surface area contributed by atoms with E-state index in [4.69, 9.17) is 15.5 Å². The van der Waals surface area contributed by atoms with Gasteiger partial charge < -0.3 is 20.7 Å². The molecule has 0 amide bonds. The van der Waals surface area contributed by atoms with Crippen LogP contribution in [0.4, 0.5) is 5.69 Å². The van der Waals surface area contributed by atoms with E-state index in [0.717, 1.165) is 49.3 Å². The van der Waals surface area contributed by atoms with Crippen molar-refractivity contribution in [2.75, 3.05) is 31.2 Å². The average molecular weight is 439 g/mol. The van der Waals surface area contributed by atoms with E-state index in [1.54, 1.807) is 0 Å². The lowest BCUT2D eigenvalue weighted by Gasteiger charge is -2.32. The molecule has 0 aromatic heterocycles. The van der Waals surface area contributed by atoms with Crippen molar-refractivity contribution in [2.45, 2.75) is 18.9 Å². The maximum atomic E-state index is 6.18. The number of halogens is 1. The van der Waals surface area contributed by atoms with Gasteiger partial charge in [0.15, 0.2) is 5.96 Å². The average Bonchev–Trinajstić information content (AvgIpc) is 2.74.